The van der Waals surface area contributed by atoms with E-state index in [9.17, 15) is 4.79 Å². The summed E-state index contributed by atoms with van der Waals surface area (Å²) in [5.41, 5.74) is 0. The minimum absolute atomic E-state index is 0.504. The zero-order valence-electron chi connectivity index (χ0n) is 37.1. The molecule has 2 heteroatoms. The maximum atomic E-state index is 12.1. The molecule has 310 valence electrons. The molecule has 0 bridgehead atoms. The fourth-order valence-electron chi connectivity index (χ4n) is 7.17. The summed E-state index contributed by atoms with van der Waals surface area (Å²) >= 11 is 0. The first-order valence-corrected chi connectivity index (χ1v) is 23.7. The van der Waals surface area contributed by atoms with E-state index in [1.807, 2.05) is 0 Å². The predicted octanol–water partition coefficient (Wildman–Crippen LogP) is 16.9. The second-order valence-corrected chi connectivity index (χ2v) is 16.2. The molecule has 1 atom stereocenters. The summed E-state index contributed by atoms with van der Waals surface area (Å²) in [5, 5.41) is 3.58. The molecular formula is C50H99NO. The van der Waals surface area contributed by atoms with E-state index >= 15 is 0 Å². The number of nitrogens with one attached hydrogen (secondary N) is 1. The Morgan fingerprint density at radius 1 is 0.558 bits per heavy atom. The van der Waals surface area contributed by atoms with Crippen LogP contribution in [-0.4, -0.2) is 18.9 Å². The Hall–Kier alpha value is -1.07. The fourth-order valence-corrected chi connectivity index (χ4v) is 7.17. The summed E-state index contributed by atoms with van der Waals surface area (Å²) in [5.74, 6) is 4.26. The van der Waals surface area contributed by atoms with Gasteiger partial charge in [-0.1, -0.05) is 227 Å². The van der Waals surface area contributed by atoms with E-state index in [1.54, 1.807) is 6.92 Å². The number of carbonyl (C=O) groups is 1. The topological polar surface area (TPSA) is 29.1 Å². The van der Waals surface area contributed by atoms with E-state index in [2.05, 4.69) is 64.9 Å². The summed E-state index contributed by atoms with van der Waals surface area (Å²) in [7, 11) is 0. The van der Waals surface area contributed by atoms with Crippen LogP contribution in [0.5, 0.6) is 0 Å². The first kappa shape index (κ1) is 55.3. The Labute approximate surface area is 331 Å². The van der Waals surface area contributed by atoms with Gasteiger partial charge in [0.2, 0.25) is 0 Å². The number of rotatable bonds is 40. The number of Topliss-reactive ketones (excluding diaryl/α,β-unsaturated/α-hetero) is 1. The third-order valence-corrected chi connectivity index (χ3v) is 10.6. The molecule has 0 aliphatic rings. The van der Waals surface area contributed by atoms with Gasteiger partial charge in [0, 0.05) is 12.8 Å². The molecule has 52 heavy (non-hydrogen) atoms. The van der Waals surface area contributed by atoms with Crippen molar-refractivity contribution < 1.29 is 4.79 Å². The smallest absolute Gasteiger partial charge is 0.133 e. The molecule has 0 spiro atoms. The fraction of sp³-hybridized carbons (Fsp3) is 0.900. The SMILES string of the molecule is C#CC.C=CCC(CCCCCCCC)CCCCCCCC.CCCCCCCCNCCCCCCCC(=O)CC(C)CCCCCCCC. The van der Waals surface area contributed by atoms with E-state index in [-0.39, 0.29) is 0 Å². The van der Waals surface area contributed by atoms with Crippen LogP contribution >= 0.6 is 0 Å². The molecule has 0 saturated heterocycles. The molecule has 1 N–H and O–H groups in total. The van der Waals surface area contributed by atoms with Crippen LogP contribution in [0.25, 0.3) is 0 Å². The van der Waals surface area contributed by atoms with Gasteiger partial charge in [0.1, 0.15) is 5.78 Å². The lowest BCUT2D eigenvalue weighted by Crippen LogP contribution is -2.16. The maximum Gasteiger partial charge on any atom is 0.133 e. The standard InChI is InChI=1S/C27H55NO.C20H40.C3H4/c1-4-6-8-10-13-17-21-26(3)25-27(29)22-18-14-12-16-20-24-28-23-19-15-11-9-7-5-2;1-4-7-9-11-13-15-18-20(17-6-3)19-16-14-12-10-8-5-2;1-3-2/h26,28H,4-25H2,1-3H3;6,20H,3-5,7-19H2,1-2H3;1H,2H3. The molecule has 0 saturated carbocycles. The van der Waals surface area contributed by atoms with Gasteiger partial charge in [-0.2, -0.15) is 0 Å². The highest BCUT2D eigenvalue weighted by Crippen LogP contribution is 2.22. The highest BCUT2D eigenvalue weighted by Gasteiger charge is 2.09. The number of hydrogen-bond donors (Lipinski definition) is 1. The monoisotopic (exact) mass is 730 g/mol. The Kier molecular flexibility index (Phi) is 55.3. The van der Waals surface area contributed by atoms with Gasteiger partial charge < -0.3 is 5.32 Å². The lowest BCUT2D eigenvalue weighted by Gasteiger charge is -2.15. The number of terminal acetylenes is 1. The number of unbranched alkanes of at least 4 members (excludes halogenated alkanes) is 24. The average molecular weight is 730 g/mol. The van der Waals surface area contributed by atoms with Crippen molar-refractivity contribution >= 4 is 5.78 Å². The zero-order valence-corrected chi connectivity index (χ0v) is 37.1. The van der Waals surface area contributed by atoms with E-state index < -0.39 is 0 Å². The minimum Gasteiger partial charge on any atom is -0.317 e. The Bertz CT molecular complexity index is 677. The molecule has 0 aromatic rings. The first-order valence-electron chi connectivity index (χ1n) is 23.7. The van der Waals surface area contributed by atoms with Gasteiger partial charge in [0.15, 0.2) is 0 Å². The van der Waals surface area contributed by atoms with Crippen LogP contribution in [0.1, 0.15) is 266 Å². The minimum atomic E-state index is 0.504. The van der Waals surface area contributed by atoms with Crippen molar-refractivity contribution in [3.8, 4) is 12.3 Å². The van der Waals surface area contributed by atoms with Crippen molar-refractivity contribution in [1.29, 1.82) is 0 Å². The highest BCUT2D eigenvalue weighted by molar-refractivity contribution is 5.78. The Morgan fingerprint density at radius 2 is 0.885 bits per heavy atom. The second kappa shape index (κ2) is 52.0. The quantitative estimate of drug-likeness (QED) is 0.0386. The van der Waals surface area contributed by atoms with E-state index in [0.717, 1.165) is 25.2 Å². The number of ketones is 1. The number of allylic oxidation sites excluding steroid dienone is 1. The largest absolute Gasteiger partial charge is 0.317 e. The van der Waals surface area contributed by atoms with E-state index in [1.165, 1.54) is 219 Å². The summed E-state index contributed by atoms with van der Waals surface area (Å²) in [6, 6.07) is 0. The summed E-state index contributed by atoms with van der Waals surface area (Å²) in [6.45, 7) is 19.3. The third-order valence-electron chi connectivity index (χ3n) is 10.6. The van der Waals surface area contributed by atoms with Crippen LogP contribution in [0.15, 0.2) is 12.7 Å². The summed E-state index contributed by atoms with van der Waals surface area (Å²) in [6.07, 6.45) is 53.5. The van der Waals surface area contributed by atoms with Crippen molar-refractivity contribution in [3.63, 3.8) is 0 Å². The molecule has 0 heterocycles. The van der Waals surface area contributed by atoms with Crippen LogP contribution in [0, 0.1) is 24.2 Å². The van der Waals surface area contributed by atoms with Gasteiger partial charge >= 0.3 is 0 Å². The molecule has 0 aliphatic heterocycles. The second-order valence-electron chi connectivity index (χ2n) is 16.2. The highest BCUT2D eigenvalue weighted by atomic mass is 16.1. The van der Waals surface area contributed by atoms with Gasteiger partial charge in [0.25, 0.3) is 0 Å². The van der Waals surface area contributed by atoms with Gasteiger partial charge in [-0.15, -0.1) is 18.9 Å². The molecule has 0 radical (unpaired) electrons. The zero-order chi connectivity index (χ0) is 39.0. The molecule has 0 amide bonds. The Balaban J connectivity index is -0.000000907. The van der Waals surface area contributed by atoms with Crippen LogP contribution in [-0.2, 0) is 4.79 Å². The summed E-state index contributed by atoms with van der Waals surface area (Å²) in [4.78, 5) is 12.1. The third kappa shape index (κ3) is 53.3. The molecule has 0 aromatic heterocycles. The Morgan fingerprint density at radius 3 is 1.27 bits per heavy atom. The summed E-state index contributed by atoms with van der Waals surface area (Å²) < 4.78 is 0. The van der Waals surface area contributed by atoms with Gasteiger partial charge in [-0.05, 0) is 57.5 Å². The van der Waals surface area contributed by atoms with Crippen LogP contribution in [0.3, 0.4) is 0 Å². The average Bonchev–Trinajstić information content (AvgIpc) is 3.13. The number of hydrogen-bond acceptors (Lipinski definition) is 2. The van der Waals surface area contributed by atoms with Crippen molar-refractivity contribution in [2.45, 2.75) is 266 Å². The molecule has 0 aliphatic carbocycles. The van der Waals surface area contributed by atoms with Crippen LogP contribution in [0.4, 0.5) is 0 Å². The first-order chi connectivity index (χ1) is 25.5. The van der Waals surface area contributed by atoms with Crippen molar-refractivity contribution in [2.24, 2.45) is 11.8 Å². The maximum absolute atomic E-state index is 12.1. The van der Waals surface area contributed by atoms with Crippen molar-refractivity contribution in [3.05, 3.63) is 12.7 Å². The molecule has 0 aromatic carbocycles. The van der Waals surface area contributed by atoms with Crippen LogP contribution < -0.4 is 5.32 Å². The van der Waals surface area contributed by atoms with Gasteiger partial charge in [-0.25, -0.2) is 0 Å². The lowest BCUT2D eigenvalue weighted by molar-refractivity contribution is -0.120. The molecule has 2 nitrogen and oxygen atoms in total. The molecule has 1 unspecified atom stereocenters. The van der Waals surface area contributed by atoms with E-state index in [4.69, 9.17) is 0 Å². The van der Waals surface area contributed by atoms with Gasteiger partial charge in [0.05, 0.1) is 0 Å². The normalized spacial score (nSPS) is 11.3. The number of carbonyl (C=O) groups excluding carboxylic acids is 1. The van der Waals surface area contributed by atoms with Crippen molar-refractivity contribution in [2.75, 3.05) is 13.1 Å². The molecular weight excluding hydrogens is 631 g/mol. The lowest BCUT2D eigenvalue weighted by atomic mass is 9.91. The van der Waals surface area contributed by atoms with Crippen molar-refractivity contribution in [1.82, 2.24) is 5.32 Å². The predicted molar refractivity (Wildman–Crippen MR) is 240 cm³/mol. The van der Waals surface area contributed by atoms with Crippen LogP contribution in [0.2, 0.25) is 0 Å². The van der Waals surface area contributed by atoms with E-state index in [0.29, 0.717) is 11.7 Å². The molecule has 0 fully saturated rings. The van der Waals surface area contributed by atoms with Gasteiger partial charge in [-0.3, -0.25) is 4.79 Å². The molecule has 0 rings (SSSR count).